The third kappa shape index (κ3) is 7.15. The second kappa shape index (κ2) is 12.4. The number of Topliss-reactive ketones (excluding diaryl/α,β-unsaturated/α-hetero) is 1. The first-order chi connectivity index (χ1) is 19.2. The average Bonchev–Trinajstić information content (AvgIpc) is 3.52. The molecule has 6 aromatic rings. The molecule has 1 amide bonds. The predicted molar refractivity (Wildman–Crippen MR) is 172 cm³/mol. The Kier molecular flexibility index (Phi) is 8.80. The van der Waals surface area contributed by atoms with E-state index in [2.05, 4.69) is 27.4 Å². The molecule has 0 aliphatic rings. The number of anilines is 3. The Morgan fingerprint density at radius 3 is 1.90 bits per heavy atom. The van der Waals surface area contributed by atoms with Gasteiger partial charge < -0.3 is 26.8 Å². The molecule has 0 atom stereocenters. The highest BCUT2D eigenvalue weighted by Gasteiger charge is 2.07. The van der Waals surface area contributed by atoms with Crippen LogP contribution in [-0.4, -0.2) is 21.7 Å². The van der Waals surface area contributed by atoms with E-state index in [-0.39, 0.29) is 24.1 Å². The lowest BCUT2D eigenvalue weighted by Crippen LogP contribution is -2.05. The molecule has 8 heteroatoms. The lowest BCUT2D eigenvalue weighted by atomic mass is 10.1. The van der Waals surface area contributed by atoms with Gasteiger partial charge in [-0.1, -0.05) is 30.3 Å². The minimum atomic E-state index is -0.0901. The number of ketones is 1. The van der Waals surface area contributed by atoms with E-state index in [0.717, 1.165) is 66.9 Å². The summed E-state index contributed by atoms with van der Waals surface area (Å²) in [6.45, 7) is 3.09. The fraction of sp³-hybridized carbons (Fsp3) is 0.0909. The number of benzene rings is 4. The van der Waals surface area contributed by atoms with Crippen LogP contribution in [0.5, 0.6) is 0 Å². The van der Waals surface area contributed by atoms with Crippen LogP contribution in [0, 0.1) is 0 Å². The molecule has 41 heavy (non-hydrogen) atoms. The molecule has 0 aliphatic heterocycles. The summed E-state index contributed by atoms with van der Waals surface area (Å²) in [6.07, 6.45) is 0.453. The Balaban J connectivity index is 0.000000192. The standard InChI is InChI=1S/C19H18N2O2.C14H13N3.ClH/c1-12(22)8-14-6-7-18-16(9-14)11-19(21-18)15-4-3-5-17(10-15)20-13(2)23;15-11-3-1-2-9(6-11)14-8-10-7-12(16)4-5-13(10)17-14;/h3-7,9-11,21H,8H2,1-2H3,(H,20,23);1-8,17H,15-16H2;1H. The van der Waals surface area contributed by atoms with E-state index < -0.39 is 0 Å². The first-order valence-electron chi connectivity index (χ1n) is 13.0. The number of rotatable bonds is 5. The fourth-order valence-electron chi connectivity index (χ4n) is 4.72. The van der Waals surface area contributed by atoms with Crippen LogP contribution in [-0.2, 0) is 16.0 Å². The van der Waals surface area contributed by atoms with Crippen LogP contribution in [0.2, 0.25) is 0 Å². The van der Waals surface area contributed by atoms with E-state index in [4.69, 9.17) is 11.5 Å². The van der Waals surface area contributed by atoms with Crippen LogP contribution in [0.15, 0.2) is 97.1 Å². The van der Waals surface area contributed by atoms with Crippen LogP contribution >= 0.6 is 12.4 Å². The zero-order chi connectivity index (χ0) is 28.2. The number of fused-ring (bicyclic) bond motifs is 2. The minimum Gasteiger partial charge on any atom is -0.399 e. The number of carbonyl (C=O) groups is 2. The molecule has 0 fully saturated rings. The molecular formula is C33H32ClN5O2. The summed E-state index contributed by atoms with van der Waals surface area (Å²) >= 11 is 0. The molecule has 0 saturated heterocycles. The van der Waals surface area contributed by atoms with Crippen molar-refractivity contribution in [1.29, 1.82) is 0 Å². The van der Waals surface area contributed by atoms with Gasteiger partial charge >= 0.3 is 0 Å². The molecule has 6 rings (SSSR count). The molecule has 0 radical (unpaired) electrons. The van der Waals surface area contributed by atoms with Gasteiger partial charge in [0.05, 0.1) is 0 Å². The molecule has 0 spiro atoms. The molecule has 0 saturated carbocycles. The van der Waals surface area contributed by atoms with E-state index in [1.54, 1.807) is 6.92 Å². The van der Waals surface area contributed by atoms with Gasteiger partial charge in [-0.05, 0) is 84.8 Å². The first kappa shape index (κ1) is 29.0. The van der Waals surface area contributed by atoms with Crippen molar-refractivity contribution in [2.45, 2.75) is 20.3 Å². The first-order valence-corrected chi connectivity index (χ1v) is 13.0. The maximum Gasteiger partial charge on any atom is 0.221 e. The van der Waals surface area contributed by atoms with Crippen LogP contribution in [0.3, 0.4) is 0 Å². The van der Waals surface area contributed by atoms with Crippen molar-refractivity contribution in [3.63, 3.8) is 0 Å². The summed E-state index contributed by atoms with van der Waals surface area (Å²) in [7, 11) is 0. The van der Waals surface area contributed by atoms with Crippen molar-refractivity contribution in [2.75, 3.05) is 16.8 Å². The molecule has 2 aromatic heterocycles. The summed E-state index contributed by atoms with van der Waals surface area (Å²) in [6, 6.07) is 31.5. The molecule has 7 N–H and O–H groups in total. The number of carbonyl (C=O) groups excluding carboxylic acids is 2. The Morgan fingerprint density at radius 1 is 0.683 bits per heavy atom. The predicted octanol–water partition coefficient (Wildman–Crippen LogP) is 7.35. The zero-order valence-electron chi connectivity index (χ0n) is 22.8. The average molecular weight is 566 g/mol. The number of halogens is 1. The number of H-pyrrole nitrogens is 2. The Labute approximate surface area is 244 Å². The third-order valence-corrected chi connectivity index (χ3v) is 6.47. The van der Waals surface area contributed by atoms with Gasteiger partial charge in [0.15, 0.2) is 0 Å². The highest BCUT2D eigenvalue weighted by Crippen LogP contribution is 2.28. The normalized spacial score (nSPS) is 10.5. The number of aromatic amines is 2. The highest BCUT2D eigenvalue weighted by molar-refractivity contribution is 5.91. The van der Waals surface area contributed by atoms with Crippen molar-refractivity contribution in [1.82, 2.24) is 9.97 Å². The maximum absolute atomic E-state index is 11.3. The largest absolute Gasteiger partial charge is 0.399 e. The van der Waals surface area contributed by atoms with Crippen LogP contribution < -0.4 is 16.8 Å². The lowest BCUT2D eigenvalue weighted by Gasteiger charge is -2.04. The Bertz CT molecular complexity index is 1850. The topological polar surface area (TPSA) is 130 Å². The Hall–Kier alpha value is -5.01. The molecule has 0 bridgehead atoms. The van der Waals surface area contributed by atoms with Crippen molar-refractivity contribution in [3.05, 3.63) is 103 Å². The van der Waals surface area contributed by atoms with Gasteiger partial charge in [0, 0.05) is 69.2 Å². The van der Waals surface area contributed by atoms with Crippen LogP contribution in [0.1, 0.15) is 19.4 Å². The van der Waals surface area contributed by atoms with Gasteiger partial charge in [0.25, 0.3) is 0 Å². The molecule has 0 aliphatic carbocycles. The molecule has 208 valence electrons. The molecule has 2 heterocycles. The van der Waals surface area contributed by atoms with Gasteiger partial charge in [0.1, 0.15) is 5.78 Å². The summed E-state index contributed by atoms with van der Waals surface area (Å²) in [5, 5.41) is 4.98. The third-order valence-electron chi connectivity index (χ3n) is 6.47. The van der Waals surface area contributed by atoms with Gasteiger partial charge in [-0.15, -0.1) is 12.4 Å². The summed E-state index contributed by atoms with van der Waals surface area (Å²) in [5.41, 5.74) is 21.1. The number of hydrogen-bond donors (Lipinski definition) is 5. The number of aromatic nitrogens is 2. The van der Waals surface area contributed by atoms with Gasteiger partial charge in [-0.3, -0.25) is 9.59 Å². The van der Waals surface area contributed by atoms with Crippen LogP contribution in [0.4, 0.5) is 17.1 Å². The lowest BCUT2D eigenvalue weighted by molar-refractivity contribution is -0.116. The minimum absolute atomic E-state index is 0. The summed E-state index contributed by atoms with van der Waals surface area (Å²) in [4.78, 5) is 29.2. The van der Waals surface area contributed by atoms with Crippen LogP contribution in [0.25, 0.3) is 44.3 Å². The maximum atomic E-state index is 11.3. The van der Waals surface area contributed by atoms with Crippen molar-refractivity contribution in [2.24, 2.45) is 0 Å². The van der Waals surface area contributed by atoms with Crippen molar-refractivity contribution in [3.8, 4) is 22.5 Å². The second-order valence-electron chi connectivity index (χ2n) is 9.90. The fourth-order valence-corrected chi connectivity index (χ4v) is 4.72. The van der Waals surface area contributed by atoms with Crippen molar-refractivity contribution >= 4 is 63.0 Å². The van der Waals surface area contributed by atoms with E-state index >= 15 is 0 Å². The van der Waals surface area contributed by atoms with E-state index in [9.17, 15) is 9.59 Å². The molecular weight excluding hydrogens is 534 g/mol. The molecule has 4 aromatic carbocycles. The van der Waals surface area contributed by atoms with Gasteiger partial charge in [-0.2, -0.15) is 0 Å². The quantitative estimate of drug-likeness (QED) is 0.140. The zero-order valence-corrected chi connectivity index (χ0v) is 23.6. The number of hydrogen-bond acceptors (Lipinski definition) is 4. The number of nitrogens with one attached hydrogen (secondary N) is 3. The smallest absolute Gasteiger partial charge is 0.221 e. The number of nitrogen functional groups attached to an aromatic ring is 2. The number of nitrogens with two attached hydrogens (primary N) is 2. The second-order valence-corrected chi connectivity index (χ2v) is 9.90. The summed E-state index contributed by atoms with van der Waals surface area (Å²) in [5.74, 6) is 0.0655. The van der Waals surface area contributed by atoms with E-state index in [0.29, 0.717) is 6.42 Å². The van der Waals surface area contributed by atoms with E-state index in [1.807, 2.05) is 84.9 Å². The number of amides is 1. The Morgan fingerprint density at radius 2 is 1.27 bits per heavy atom. The molecule has 7 nitrogen and oxygen atoms in total. The summed E-state index contributed by atoms with van der Waals surface area (Å²) < 4.78 is 0. The molecule has 0 unspecified atom stereocenters. The SMILES string of the molecule is CC(=O)Cc1ccc2[nH]c(-c3cccc(NC(C)=O)c3)cc2c1.Cl.Nc1cccc(-c2cc3cc(N)ccc3[nH]2)c1. The van der Waals surface area contributed by atoms with Gasteiger partial charge in [0.2, 0.25) is 5.91 Å². The van der Waals surface area contributed by atoms with Crippen molar-refractivity contribution < 1.29 is 9.59 Å². The monoisotopic (exact) mass is 565 g/mol. The van der Waals surface area contributed by atoms with Gasteiger partial charge in [-0.25, -0.2) is 0 Å². The highest BCUT2D eigenvalue weighted by atomic mass is 35.5. The van der Waals surface area contributed by atoms with E-state index in [1.165, 1.54) is 6.92 Å².